The van der Waals surface area contributed by atoms with Crippen LogP contribution < -0.4 is 5.32 Å². The molecule has 0 aromatic heterocycles. The Bertz CT molecular complexity index is 357. The van der Waals surface area contributed by atoms with Crippen LogP contribution in [0.2, 0.25) is 0 Å². The third-order valence-corrected chi connectivity index (χ3v) is 3.87. The summed E-state index contributed by atoms with van der Waals surface area (Å²) in [4.78, 5) is 2.34. The Labute approximate surface area is 125 Å². The number of hydrogen-bond donors (Lipinski definition) is 1. The highest BCUT2D eigenvalue weighted by Gasteiger charge is 2.19. The van der Waals surface area contributed by atoms with Gasteiger partial charge in [0.15, 0.2) is 0 Å². The van der Waals surface area contributed by atoms with E-state index in [1.807, 2.05) is 0 Å². The molecular formula is C18H32N2. The fraction of sp³-hybridized carbons (Fsp3) is 0.667. The summed E-state index contributed by atoms with van der Waals surface area (Å²) in [5.41, 5.74) is 1.39. The molecule has 0 bridgehead atoms. The summed E-state index contributed by atoms with van der Waals surface area (Å²) in [6.45, 7) is 10.2. The standard InChI is InChI=1S/C18H32N2/c1-14(2)12-17(20(5)6)13-19-18(15(3)4)16-10-8-7-9-11-16/h7-11,14-15,17-19H,12-13H2,1-6H3. The number of rotatable bonds is 8. The summed E-state index contributed by atoms with van der Waals surface area (Å²) in [6, 6.07) is 11.8. The first-order valence-corrected chi connectivity index (χ1v) is 7.86. The molecule has 0 radical (unpaired) electrons. The van der Waals surface area contributed by atoms with Gasteiger partial charge in [-0.25, -0.2) is 0 Å². The van der Waals surface area contributed by atoms with E-state index < -0.39 is 0 Å². The van der Waals surface area contributed by atoms with Crippen molar-refractivity contribution in [3.8, 4) is 0 Å². The highest BCUT2D eigenvalue weighted by Crippen LogP contribution is 2.21. The lowest BCUT2D eigenvalue weighted by Gasteiger charge is -2.30. The molecule has 2 unspecified atom stereocenters. The maximum Gasteiger partial charge on any atom is 0.0344 e. The number of benzene rings is 1. The Balaban J connectivity index is 2.67. The largest absolute Gasteiger partial charge is 0.308 e. The summed E-state index contributed by atoms with van der Waals surface area (Å²) in [7, 11) is 4.36. The van der Waals surface area contributed by atoms with Crippen LogP contribution in [0.1, 0.15) is 45.7 Å². The second-order valence-electron chi connectivity index (χ2n) is 6.79. The van der Waals surface area contributed by atoms with Crippen molar-refractivity contribution in [1.29, 1.82) is 0 Å². The van der Waals surface area contributed by atoms with Crippen LogP contribution in [0.3, 0.4) is 0 Å². The van der Waals surface area contributed by atoms with E-state index in [-0.39, 0.29) is 0 Å². The van der Waals surface area contributed by atoms with Gasteiger partial charge in [0, 0.05) is 18.6 Å². The van der Waals surface area contributed by atoms with Crippen molar-refractivity contribution < 1.29 is 0 Å². The van der Waals surface area contributed by atoms with Crippen LogP contribution in [0.4, 0.5) is 0 Å². The smallest absolute Gasteiger partial charge is 0.0344 e. The predicted molar refractivity (Wildman–Crippen MR) is 89.0 cm³/mol. The number of likely N-dealkylation sites (N-methyl/N-ethyl adjacent to an activating group) is 1. The van der Waals surface area contributed by atoms with Crippen molar-refractivity contribution in [2.24, 2.45) is 11.8 Å². The molecule has 1 aromatic carbocycles. The highest BCUT2D eigenvalue weighted by molar-refractivity contribution is 5.19. The lowest BCUT2D eigenvalue weighted by atomic mass is 9.95. The molecule has 20 heavy (non-hydrogen) atoms. The van der Waals surface area contributed by atoms with E-state index in [0.717, 1.165) is 12.5 Å². The van der Waals surface area contributed by atoms with E-state index >= 15 is 0 Å². The van der Waals surface area contributed by atoms with Crippen molar-refractivity contribution in [2.45, 2.75) is 46.2 Å². The molecule has 0 aliphatic rings. The van der Waals surface area contributed by atoms with Crippen LogP contribution in [0.15, 0.2) is 30.3 Å². The molecule has 0 aliphatic heterocycles. The zero-order chi connectivity index (χ0) is 15.1. The monoisotopic (exact) mass is 276 g/mol. The molecule has 0 amide bonds. The van der Waals surface area contributed by atoms with Crippen LogP contribution in [-0.4, -0.2) is 31.6 Å². The van der Waals surface area contributed by atoms with E-state index in [1.54, 1.807) is 0 Å². The molecule has 2 nitrogen and oxygen atoms in total. The van der Waals surface area contributed by atoms with Gasteiger partial charge in [0.05, 0.1) is 0 Å². The molecule has 114 valence electrons. The van der Waals surface area contributed by atoms with Gasteiger partial charge in [-0.3, -0.25) is 0 Å². The fourth-order valence-electron chi connectivity index (χ4n) is 2.68. The second kappa shape index (κ2) is 8.43. The molecule has 0 saturated heterocycles. The zero-order valence-electron chi connectivity index (χ0n) is 14.1. The second-order valence-corrected chi connectivity index (χ2v) is 6.79. The molecule has 0 heterocycles. The van der Waals surface area contributed by atoms with Crippen molar-refractivity contribution >= 4 is 0 Å². The Morgan fingerprint density at radius 3 is 2.05 bits per heavy atom. The molecule has 0 spiro atoms. The Morgan fingerprint density at radius 1 is 1.00 bits per heavy atom. The summed E-state index contributed by atoms with van der Waals surface area (Å²) < 4.78 is 0. The molecule has 1 N–H and O–H groups in total. The average molecular weight is 276 g/mol. The minimum Gasteiger partial charge on any atom is -0.308 e. The molecule has 1 aromatic rings. The third kappa shape index (κ3) is 5.64. The van der Waals surface area contributed by atoms with E-state index in [4.69, 9.17) is 0 Å². The van der Waals surface area contributed by atoms with Gasteiger partial charge >= 0.3 is 0 Å². The Hall–Kier alpha value is -0.860. The Morgan fingerprint density at radius 2 is 1.60 bits per heavy atom. The molecule has 1 rings (SSSR count). The lowest BCUT2D eigenvalue weighted by Crippen LogP contribution is -2.41. The topological polar surface area (TPSA) is 15.3 Å². The van der Waals surface area contributed by atoms with Crippen LogP contribution >= 0.6 is 0 Å². The van der Waals surface area contributed by atoms with Crippen LogP contribution in [0, 0.1) is 11.8 Å². The van der Waals surface area contributed by atoms with E-state index in [9.17, 15) is 0 Å². The normalized spacial score (nSPS) is 15.1. The van der Waals surface area contributed by atoms with Gasteiger partial charge < -0.3 is 10.2 Å². The van der Waals surface area contributed by atoms with Crippen molar-refractivity contribution in [3.05, 3.63) is 35.9 Å². The first kappa shape index (κ1) is 17.2. The van der Waals surface area contributed by atoms with Crippen molar-refractivity contribution in [2.75, 3.05) is 20.6 Å². The molecule has 0 fully saturated rings. The van der Waals surface area contributed by atoms with E-state index in [0.29, 0.717) is 18.0 Å². The maximum absolute atomic E-state index is 3.78. The minimum absolute atomic E-state index is 0.436. The zero-order valence-corrected chi connectivity index (χ0v) is 14.1. The van der Waals surface area contributed by atoms with Crippen LogP contribution in [-0.2, 0) is 0 Å². The molecule has 0 saturated carbocycles. The lowest BCUT2D eigenvalue weighted by molar-refractivity contribution is 0.233. The van der Waals surface area contributed by atoms with Gasteiger partial charge in [-0.2, -0.15) is 0 Å². The molecular weight excluding hydrogens is 244 g/mol. The minimum atomic E-state index is 0.436. The summed E-state index contributed by atoms with van der Waals surface area (Å²) in [6.07, 6.45) is 1.24. The summed E-state index contributed by atoms with van der Waals surface area (Å²) >= 11 is 0. The first-order chi connectivity index (χ1) is 9.41. The van der Waals surface area contributed by atoms with Crippen LogP contribution in [0.25, 0.3) is 0 Å². The average Bonchev–Trinajstić information content (AvgIpc) is 2.37. The summed E-state index contributed by atoms with van der Waals surface area (Å²) in [5, 5.41) is 3.78. The first-order valence-electron chi connectivity index (χ1n) is 7.86. The van der Waals surface area contributed by atoms with Gasteiger partial charge in [0.2, 0.25) is 0 Å². The molecule has 2 heteroatoms. The van der Waals surface area contributed by atoms with Gasteiger partial charge in [-0.05, 0) is 37.9 Å². The number of hydrogen-bond acceptors (Lipinski definition) is 2. The van der Waals surface area contributed by atoms with Gasteiger partial charge in [-0.15, -0.1) is 0 Å². The van der Waals surface area contributed by atoms with Crippen LogP contribution in [0.5, 0.6) is 0 Å². The van der Waals surface area contributed by atoms with Gasteiger partial charge in [-0.1, -0.05) is 58.0 Å². The van der Waals surface area contributed by atoms with Gasteiger partial charge in [0.25, 0.3) is 0 Å². The fourth-order valence-corrected chi connectivity index (χ4v) is 2.68. The molecule has 0 aliphatic carbocycles. The Kier molecular flexibility index (Phi) is 7.25. The van der Waals surface area contributed by atoms with E-state index in [2.05, 4.69) is 82.3 Å². The van der Waals surface area contributed by atoms with Crippen molar-refractivity contribution in [3.63, 3.8) is 0 Å². The maximum atomic E-state index is 3.78. The quantitative estimate of drug-likeness (QED) is 0.773. The number of nitrogens with zero attached hydrogens (tertiary/aromatic N) is 1. The third-order valence-electron chi connectivity index (χ3n) is 3.87. The highest BCUT2D eigenvalue weighted by atomic mass is 15.1. The van der Waals surface area contributed by atoms with Crippen molar-refractivity contribution in [1.82, 2.24) is 10.2 Å². The SMILES string of the molecule is CC(C)CC(CNC(c1ccccc1)C(C)C)N(C)C. The predicted octanol–water partition coefficient (Wildman–Crippen LogP) is 3.95. The van der Waals surface area contributed by atoms with Gasteiger partial charge in [0.1, 0.15) is 0 Å². The summed E-state index contributed by atoms with van der Waals surface area (Å²) in [5.74, 6) is 1.33. The molecule has 2 atom stereocenters. The van der Waals surface area contributed by atoms with E-state index in [1.165, 1.54) is 12.0 Å². The number of nitrogens with one attached hydrogen (secondary N) is 1.